The molecule has 0 aliphatic heterocycles. The van der Waals surface area contributed by atoms with Crippen molar-refractivity contribution in [2.45, 2.75) is 250 Å². The smallest absolute Gasteiger partial charge is 0.854 e. The van der Waals surface area contributed by atoms with Gasteiger partial charge in [-0.2, -0.15) is 0 Å². The van der Waals surface area contributed by atoms with Crippen LogP contribution in [0.2, 0.25) is 0 Å². The molecule has 0 atom stereocenters. The second-order valence-electron chi connectivity index (χ2n) is 14.3. The quantitative estimate of drug-likeness (QED) is 0.123. The van der Waals surface area contributed by atoms with Crippen molar-refractivity contribution in [1.29, 1.82) is 0 Å². The Balaban J connectivity index is -0.0000000474. The molecule has 0 unspecified atom stereocenters. The predicted octanol–water partition coefficient (Wildman–Crippen LogP) is 5.37. The van der Waals surface area contributed by atoms with Crippen LogP contribution in [0.4, 0.5) is 0 Å². The molecule has 288 valence electrons. The zero-order chi connectivity index (χ0) is 37.3. The molecular weight excluding hydrogens is 663 g/mol. The molecule has 0 fully saturated rings. The molecular formula is C40H90Mg2N4Na2O2. The molecule has 10 heteroatoms. The summed E-state index contributed by atoms with van der Waals surface area (Å²) in [6.07, 6.45) is 14.4. The Labute approximate surface area is 395 Å². The third-order valence-corrected chi connectivity index (χ3v) is 5.38. The average molecular weight is 754 g/mol. The fraction of sp³-hybridized carbons (Fsp3) is 1.00. The van der Waals surface area contributed by atoms with Gasteiger partial charge in [0.1, 0.15) is 0 Å². The second-order valence-corrected chi connectivity index (χ2v) is 14.3. The molecule has 0 saturated heterocycles. The van der Waals surface area contributed by atoms with E-state index in [2.05, 4.69) is 146 Å². The van der Waals surface area contributed by atoms with Crippen LogP contribution in [0.5, 0.6) is 0 Å². The second kappa shape index (κ2) is 67.1. The summed E-state index contributed by atoms with van der Waals surface area (Å²) in [4.78, 5) is 0. The summed E-state index contributed by atoms with van der Waals surface area (Å²) in [6.45, 7) is 38.2. The molecule has 0 aromatic carbocycles. The third kappa shape index (κ3) is 132. The molecule has 6 nitrogen and oxygen atoms in total. The van der Waals surface area contributed by atoms with Crippen LogP contribution in [-0.4, -0.2) is 108 Å². The largest absolute Gasteiger partial charge is 2.00 e. The first-order valence-corrected chi connectivity index (χ1v) is 19.3. The van der Waals surface area contributed by atoms with E-state index in [0.717, 1.165) is 25.7 Å². The van der Waals surface area contributed by atoms with Crippen LogP contribution in [0.25, 0.3) is 21.3 Å². The van der Waals surface area contributed by atoms with Crippen LogP contribution >= 0.6 is 0 Å². The summed E-state index contributed by atoms with van der Waals surface area (Å²) in [5.74, 6) is 0. The molecule has 0 heterocycles. The molecule has 0 rings (SSSR count). The number of nitrogens with zero attached hydrogens (tertiary/aromatic N) is 4. The topological polar surface area (TPSA) is 103 Å². The van der Waals surface area contributed by atoms with Crippen molar-refractivity contribution in [1.82, 2.24) is 0 Å². The van der Waals surface area contributed by atoms with Crippen molar-refractivity contribution in [2.75, 3.05) is 13.2 Å². The van der Waals surface area contributed by atoms with Crippen LogP contribution < -0.4 is 69.3 Å². The van der Waals surface area contributed by atoms with Crippen LogP contribution in [0.15, 0.2) is 0 Å². The van der Waals surface area contributed by atoms with Gasteiger partial charge in [-0.1, -0.05) is 202 Å². The van der Waals surface area contributed by atoms with Gasteiger partial charge in [-0.15, -0.1) is 61.5 Å². The molecule has 0 spiro atoms. The van der Waals surface area contributed by atoms with E-state index in [1.807, 2.05) is 0 Å². The van der Waals surface area contributed by atoms with Crippen molar-refractivity contribution in [3.63, 3.8) is 0 Å². The van der Waals surface area contributed by atoms with Crippen molar-refractivity contribution in [2.24, 2.45) is 0 Å². The van der Waals surface area contributed by atoms with Gasteiger partial charge in [-0.3, -0.25) is 0 Å². The number of hydrogen-bond acceptors (Lipinski definition) is 2. The maximum Gasteiger partial charge on any atom is 2.00 e. The Morgan fingerprint density at radius 1 is 0.300 bits per heavy atom. The van der Waals surface area contributed by atoms with Gasteiger partial charge in [0.2, 0.25) is 0 Å². The van der Waals surface area contributed by atoms with Crippen LogP contribution in [0.1, 0.15) is 202 Å². The normalized spacial score (nSPS) is 9.84. The fourth-order valence-corrected chi connectivity index (χ4v) is 4.15. The Morgan fingerprint density at radius 2 is 0.440 bits per heavy atom. The van der Waals surface area contributed by atoms with E-state index in [9.17, 15) is 10.2 Å². The van der Waals surface area contributed by atoms with Gasteiger partial charge in [0, 0.05) is 0 Å². The van der Waals surface area contributed by atoms with Gasteiger partial charge in [-0.05, 0) is 0 Å². The molecule has 50 heavy (non-hydrogen) atoms. The summed E-state index contributed by atoms with van der Waals surface area (Å²) < 4.78 is 0. The SMILES string of the molecule is CC(C)[N-]C(C)C.CC(C)[N-]C(C)C.CC(C)[N-]C(C)C.CC(C)[N-]C(C)C.CCCCCCCC[O-].CCCCCCCC[O-].[Mg+2].[Mg+2].[Na+].[Na+]. The van der Waals surface area contributed by atoms with E-state index >= 15 is 0 Å². The molecule has 0 aliphatic carbocycles. The minimum absolute atomic E-state index is 0. The van der Waals surface area contributed by atoms with Gasteiger partial charge in [0.25, 0.3) is 0 Å². The van der Waals surface area contributed by atoms with Crippen molar-refractivity contribution >= 4 is 46.1 Å². The minimum Gasteiger partial charge on any atom is -0.854 e. The van der Waals surface area contributed by atoms with E-state index < -0.39 is 0 Å². The van der Waals surface area contributed by atoms with Gasteiger partial charge in [0.15, 0.2) is 0 Å². The summed E-state index contributed by atoms with van der Waals surface area (Å²) in [5, 5.41) is 37.0. The Bertz CT molecular complexity index is 386. The first-order valence-electron chi connectivity index (χ1n) is 19.3. The average Bonchev–Trinajstić information content (AvgIpc) is 2.87. The fourth-order valence-electron chi connectivity index (χ4n) is 4.15. The molecule has 0 bridgehead atoms. The maximum atomic E-state index is 9.96. The zero-order valence-electron chi connectivity index (χ0n) is 38.5. The Morgan fingerprint density at radius 3 is 0.540 bits per heavy atom. The molecule has 0 amide bonds. The summed E-state index contributed by atoms with van der Waals surface area (Å²) in [7, 11) is 0. The van der Waals surface area contributed by atoms with Gasteiger partial charge < -0.3 is 31.5 Å². The predicted molar refractivity (Wildman–Crippen MR) is 223 cm³/mol. The number of unbranched alkanes of at least 4 members (excludes halogenated alkanes) is 10. The van der Waals surface area contributed by atoms with Crippen molar-refractivity contribution in [3.8, 4) is 0 Å². The van der Waals surface area contributed by atoms with E-state index in [1.165, 1.54) is 51.4 Å². The van der Waals surface area contributed by atoms with Gasteiger partial charge in [-0.25, -0.2) is 0 Å². The number of hydrogen-bond donors (Lipinski definition) is 0. The standard InChI is InChI=1S/2C8H17O.4C6H14N.2Mg.2Na/c2*1-2-3-4-5-6-7-8-9;4*1-5(2)7-6(3)4;;;;/h2*2-8H2,1H3;4*5-6H,1-4H3;;;;/q6*-1;2*+2;2*+1. The van der Waals surface area contributed by atoms with Crippen LogP contribution in [0, 0.1) is 0 Å². The van der Waals surface area contributed by atoms with Crippen molar-refractivity contribution in [3.05, 3.63) is 21.3 Å². The molecule has 0 radical (unpaired) electrons. The first kappa shape index (κ1) is 77.8. The van der Waals surface area contributed by atoms with E-state index in [1.54, 1.807) is 0 Å². The first-order chi connectivity index (χ1) is 21.3. The maximum absolute atomic E-state index is 9.96. The van der Waals surface area contributed by atoms with Crippen LogP contribution in [-0.2, 0) is 0 Å². The molecule has 0 aliphatic rings. The third-order valence-electron chi connectivity index (χ3n) is 5.38. The zero-order valence-corrected chi connectivity index (χ0v) is 45.4. The van der Waals surface area contributed by atoms with Crippen LogP contribution in [0.3, 0.4) is 0 Å². The summed E-state index contributed by atoms with van der Waals surface area (Å²) in [5.41, 5.74) is 0. The summed E-state index contributed by atoms with van der Waals surface area (Å²) >= 11 is 0. The van der Waals surface area contributed by atoms with Gasteiger partial charge >= 0.3 is 105 Å². The van der Waals surface area contributed by atoms with Crippen molar-refractivity contribution < 1.29 is 69.3 Å². The molecule has 0 aromatic heterocycles. The molecule has 0 N–H and O–H groups in total. The van der Waals surface area contributed by atoms with Gasteiger partial charge in [0.05, 0.1) is 0 Å². The molecule has 0 aromatic rings. The van der Waals surface area contributed by atoms with E-state index in [4.69, 9.17) is 0 Å². The summed E-state index contributed by atoms with van der Waals surface area (Å²) in [6, 6.07) is 4.00. The Hall–Kier alpha value is 3.29. The van der Waals surface area contributed by atoms with E-state index in [0.29, 0.717) is 48.3 Å². The number of rotatable bonds is 20. The molecule has 0 saturated carbocycles. The Kier molecular flexibility index (Phi) is 104. The monoisotopic (exact) mass is 753 g/mol. The minimum atomic E-state index is 0. The van der Waals surface area contributed by atoms with E-state index in [-0.39, 0.29) is 118 Å².